The zero-order chi connectivity index (χ0) is 21.8. The molecule has 0 saturated heterocycles. The second-order valence-electron chi connectivity index (χ2n) is 8.89. The molecular formula is C31H23NO. The summed E-state index contributed by atoms with van der Waals surface area (Å²) in [5.41, 5.74) is 8.19. The molecule has 7 rings (SSSR count). The van der Waals surface area contributed by atoms with E-state index in [1.165, 1.54) is 39.1 Å². The van der Waals surface area contributed by atoms with Crippen molar-refractivity contribution in [2.24, 2.45) is 0 Å². The normalized spacial score (nSPS) is 13.1. The smallest absolute Gasteiger partial charge is 0.139 e. The number of aryl methyl sites for hydroxylation is 2. The molecule has 1 aliphatic carbocycles. The van der Waals surface area contributed by atoms with Crippen LogP contribution in [0.15, 0.2) is 108 Å². The second kappa shape index (κ2) is 7.25. The van der Waals surface area contributed by atoms with Gasteiger partial charge in [-0.1, -0.05) is 54.6 Å². The molecule has 1 aliphatic rings. The van der Waals surface area contributed by atoms with Crippen LogP contribution in [-0.2, 0) is 12.8 Å². The van der Waals surface area contributed by atoms with Crippen LogP contribution in [-0.4, -0.2) is 0 Å². The standard InChI is InChI=1S/C31H23NO/c1-3-12-23(13-4-1)32(24-14-5-2-6-15-24)25-17-18-26-28-19-22-11-7-9-21-10-8-16-27(30(21)22)31(28)33-29(26)20-25/h1-7,9,11-15,17-20H,8,10,16H2. The molecule has 2 nitrogen and oxygen atoms in total. The van der Waals surface area contributed by atoms with Crippen LogP contribution in [0.4, 0.5) is 17.1 Å². The molecule has 5 aromatic carbocycles. The van der Waals surface area contributed by atoms with E-state index in [4.69, 9.17) is 4.42 Å². The number of nitrogens with zero attached hydrogens (tertiary/aromatic N) is 1. The largest absolute Gasteiger partial charge is 0.456 e. The number of hydrogen-bond acceptors (Lipinski definition) is 2. The van der Waals surface area contributed by atoms with Crippen molar-refractivity contribution in [3.8, 4) is 0 Å². The number of fused-ring (bicyclic) bond motifs is 4. The SMILES string of the molecule is c1ccc(N(c2ccccc2)c2ccc3c(c2)oc2c4c5c(cccc5cc23)CCC4)cc1. The summed E-state index contributed by atoms with van der Waals surface area (Å²) < 4.78 is 6.61. The minimum absolute atomic E-state index is 0.943. The number of benzene rings is 5. The maximum Gasteiger partial charge on any atom is 0.139 e. The van der Waals surface area contributed by atoms with E-state index >= 15 is 0 Å². The Balaban J connectivity index is 1.48. The van der Waals surface area contributed by atoms with Crippen molar-refractivity contribution in [1.82, 2.24) is 0 Å². The predicted molar refractivity (Wildman–Crippen MR) is 138 cm³/mol. The van der Waals surface area contributed by atoms with Gasteiger partial charge in [0.1, 0.15) is 11.2 Å². The number of hydrogen-bond donors (Lipinski definition) is 0. The average Bonchev–Trinajstić information content (AvgIpc) is 3.24. The van der Waals surface area contributed by atoms with E-state index in [1.54, 1.807) is 0 Å². The lowest BCUT2D eigenvalue weighted by atomic mass is 9.87. The van der Waals surface area contributed by atoms with E-state index in [0.29, 0.717) is 0 Å². The summed E-state index contributed by atoms with van der Waals surface area (Å²) in [4.78, 5) is 2.28. The molecule has 0 bridgehead atoms. The maximum atomic E-state index is 6.61. The van der Waals surface area contributed by atoms with Gasteiger partial charge >= 0.3 is 0 Å². The lowest BCUT2D eigenvalue weighted by Gasteiger charge is -2.25. The lowest BCUT2D eigenvalue weighted by molar-refractivity contribution is 0.658. The van der Waals surface area contributed by atoms with E-state index < -0.39 is 0 Å². The predicted octanol–water partition coefficient (Wildman–Crippen LogP) is 8.70. The van der Waals surface area contributed by atoms with Gasteiger partial charge in [0.05, 0.1) is 0 Å². The third-order valence-electron chi connectivity index (χ3n) is 6.93. The van der Waals surface area contributed by atoms with Crippen LogP contribution in [0, 0.1) is 0 Å². The topological polar surface area (TPSA) is 16.4 Å². The van der Waals surface area contributed by atoms with Crippen molar-refractivity contribution in [2.75, 3.05) is 4.90 Å². The zero-order valence-electron chi connectivity index (χ0n) is 18.3. The van der Waals surface area contributed by atoms with Crippen molar-refractivity contribution >= 4 is 49.8 Å². The third-order valence-corrected chi connectivity index (χ3v) is 6.93. The lowest BCUT2D eigenvalue weighted by Crippen LogP contribution is -2.09. The van der Waals surface area contributed by atoms with Crippen molar-refractivity contribution in [3.05, 3.63) is 114 Å². The molecule has 0 fully saturated rings. The first-order chi connectivity index (χ1) is 16.4. The van der Waals surface area contributed by atoms with Gasteiger partial charge < -0.3 is 9.32 Å². The molecule has 1 aromatic heterocycles. The zero-order valence-corrected chi connectivity index (χ0v) is 18.3. The van der Waals surface area contributed by atoms with Crippen LogP contribution in [0.2, 0.25) is 0 Å². The van der Waals surface area contributed by atoms with Gasteiger partial charge in [-0.25, -0.2) is 0 Å². The Morgan fingerprint density at radius 1 is 0.606 bits per heavy atom. The van der Waals surface area contributed by atoms with Crippen LogP contribution < -0.4 is 4.90 Å². The molecular weight excluding hydrogens is 402 g/mol. The summed E-state index contributed by atoms with van der Waals surface area (Å²) in [5.74, 6) is 0. The Morgan fingerprint density at radius 2 is 1.36 bits per heavy atom. The number of anilines is 3. The molecule has 33 heavy (non-hydrogen) atoms. The van der Waals surface area contributed by atoms with Crippen molar-refractivity contribution in [2.45, 2.75) is 19.3 Å². The monoisotopic (exact) mass is 425 g/mol. The Hall–Kier alpha value is -4.04. The summed E-state index contributed by atoms with van der Waals surface area (Å²) in [6.07, 6.45) is 3.42. The third kappa shape index (κ3) is 2.87. The van der Waals surface area contributed by atoms with Crippen molar-refractivity contribution < 1.29 is 4.42 Å². The van der Waals surface area contributed by atoms with Crippen LogP contribution in [0.25, 0.3) is 32.7 Å². The second-order valence-corrected chi connectivity index (χ2v) is 8.89. The van der Waals surface area contributed by atoms with Crippen LogP contribution >= 0.6 is 0 Å². The molecule has 0 radical (unpaired) electrons. The highest BCUT2D eigenvalue weighted by Gasteiger charge is 2.21. The van der Waals surface area contributed by atoms with Gasteiger partial charge in [0.15, 0.2) is 0 Å². The first kappa shape index (κ1) is 18.5. The summed E-state index contributed by atoms with van der Waals surface area (Å²) in [6, 6.07) is 36.7. The van der Waals surface area contributed by atoms with E-state index in [-0.39, 0.29) is 0 Å². The highest BCUT2D eigenvalue weighted by atomic mass is 16.3. The van der Waals surface area contributed by atoms with E-state index in [9.17, 15) is 0 Å². The highest BCUT2D eigenvalue weighted by Crippen LogP contribution is 2.42. The number of rotatable bonds is 3. The molecule has 6 aromatic rings. The molecule has 0 spiro atoms. The molecule has 0 aliphatic heterocycles. The van der Waals surface area contributed by atoms with Crippen molar-refractivity contribution in [3.63, 3.8) is 0 Å². The quantitative estimate of drug-likeness (QED) is 0.282. The molecule has 2 heteroatoms. The van der Waals surface area contributed by atoms with Crippen LogP contribution in [0.5, 0.6) is 0 Å². The summed E-state index contributed by atoms with van der Waals surface area (Å²) in [5, 5.41) is 5.15. The summed E-state index contributed by atoms with van der Waals surface area (Å²) >= 11 is 0. The molecule has 0 atom stereocenters. The number of para-hydroxylation sites is 2. The Morgan fingerprint density at radius 3 is 2.12 bits per heavy atom. The first-order valence-electron chi connectivity index (χ1n) is 11.7. The Labute approximate surface area is 192 Å². The number of furan rings is 1. The van der Waals surface area contributed by atoms with Crippen LogP contribution in [0.3, 0.4) is 0 Å². The minimum atomic E-state index is 0.943. The molecule has 0 amide bonds. The summed E-state index contributed by atoms with van der Waals surface area (Å²) in [6.45, 7) is 0. The molecule has 1 heterocycles. The van der Waals surface area contributed by atoms with E-state index in [1.807, 2.05) is 0 Å². The fourth-order valence-electron chi connectivity index (χ4n) is 5.49. The molecule has 158 valence electrons. The Kier molecular flexibility index (Phi) is 4.07. The molecule has 0 N–H and O–H groups in total. The van der Waals surface area contributed by atoms with E-state index in [2.05, 4.69) is 108 Å². The average molecular weight is 426 g/mol. The van der Waals surface area contributed by atoms with Crippen molar-refractivity contribution in [1.29, 1.82) is 0 Å². The molecule has 0 saturated carbocycles. The van der Waals surface area contributed by atoms with Gasteiger partial charge in [-0.05, 0) is 78.1 Å². The van der Waals surface area contributed by atoms with Gasteiger partial charge in [0, 0.05) is 39.5 Å². The van der Waals surface area contributed by atoms with Gasteiger partial charge in [-0.15, -0.1) is 0 Å². The fraction of sp³-hybridized carbons (Fsp3) is 0.0968. The van der Waals surface area contributed by atoms with Gasteiger partial charge in [0.2, 0.25) is 0 Å². The molecule has 0 unspecified atom stereocenters. The van der Waals surface area contributed by atoms with Gasteiger partial charge in [-0.3, -0.25) is 0 Å². The first-order valence-corrected chi connectivity index (χ1v) is 11.7. The van der Waals surface area contributed by atoms with Gasteiger partial charge in [-0.2, -0.15) is 0 Å². The fourth-order valence-corrected chi connectivity index (χ4v) is 5.49. The van der Waals surface area contributed by atoms with Gasteiger partial charge in [0.25, 0.3) is 0 Å². The highest BCUT2D eigenvalue weighted by molar-refractivity contribution is 6.13. The van der Waals surface area contributed by atoms with E-state index in [0.717, 1.165) is 41.1 Å². The summed E-state index contributed by atoms with van der Waals surface area (Å²) in [7, 11) is 0. The minimum Gasteiger partial charge on any atom is -0.456 e. The Bertz CT molecular complexity index is 1590. The maximum absolute atomic E-state index is 6.61. The van der Waals surface area contributed by atoms with Crippen LogP contribution in [0.1, 0.15) is 17.5 Å².